The molecule has 1 aromatic heterocycles. The first-order valence-corrected chi connectivity index (χ1v) is 9.48. The molecular formula is C18H30N2S. The predicted molar refractivity (Wildman–Crippen MR) is 90.7 cm³/mol. The molecule has 1 heterocycles. The van der Waals surface area contributed by atoms with Crippen molar-refractivity contribution in [3.63, 3.8) is 0 Å². The topological polar surface area (TPSA) is 38.9 Å². The van der Waals surface area contributed by atoms with Crippen LogP contribution in [0.25, 0.3) is 0 Å². The number of nitrogens with zero attached hydrogens (tertiary/aromatic N) is 1. The van der Waals surface area contributed by atoms with Crippen molar-refractivity contribution in [3.05, 3.63) is 15.6 Å². The van der Waals surface area contributed by atoms with Gasteiger partial charge in [-0.05, 0) is 62.7 Å². The van der Waals surface area contributed by atoms with Gasteiger partial charge < -0.3 is 5.73 Å². The minimum atomic E-state index is -0.151. The third-order valence-corrected chi connectivity index (χ3v) is 6.99. The van der Waals surface area contributed by atoms with Gasteiger partial charge in [-0.2, -0.15) is 0 Å². The summed E-state index contributed by atoms with van der Waals surface area (Å²) < 4.78 is 0. The van der Waals surface area contributed by atoms with Crippen molar-refractivity contribution in [1.82, 2.24) is 4.98 Å². The van der Waals surface area contributed by atoms with Crippen LogP contribution < -0.4 is 5.73 Å². The Labute approximate surface area is 133 Å². The van der Waals surface area contributed by atoms with E-state index in [1.807, 2.05) is 11.3 Å². The van der Waals surface area contributed by atoms with Crippen molar-refractivity contribution < 1.29 is 0 Å². The highest BCUT2D eigenvalue weighted by Gasteiger charge is 2.37. The fourth-order valence-corrected chi connectivity index (χ4v) is 5.32. The molecule has 2 atom stereocenters. The van der Waals surface area contributed by atoms with E-state index in [0.717, 1.165) is 18.8 Å². The summed E-state index contributed by atoms with van der Waals surface area (Å²) in [4.78, 5) is 6.49. The van der Waals surface area contributed by atoms with Gasteiger partial charge >= 0.3 is 0 Å². The summed E-state index contributed by atoms with van der Waals surface area (Å²) in [6.07, 6.45) is 11.1. The Morgan fingerprint density at radius 2 is 1.86 bits per heavy atom. The van der Waals surface area contributed by atoms with Crippen LogP contribution in [0.3, 0.4) is 0 Å². The molecule has 1 saturated carbocycles. The number of aromatic nitrogens is 1. The highest BCUT2D eigenvalue weighted by atomic mass is 32.1. The van der Waals surface area contributed by atoms with E-state index in [-0.39, 0.29) is 5.54 Å². The first kappa shape index (κ1) is 15.5. The number of aryl methyl sites for hydroxylation is 2. The maximum Gasteiger partial charge on any atom is 0.113 e. The van der Waals surface area contributed by atoms with Crippen molar-refractivity contribution in [1.29, 1.82) is 0 Å². The predicted octanol–water partition coefficient (Wildman–Crippen LogP) is 4.80. The van der Waals surface area contributed by atoms with E-state index in [9.17, 15) is 0 Å². The maximum atomic E-state index is 6.85. The second-order valence-corrected chi connectivity index (χ2v) is 9.33. The summed E-state index contributed by atoms with van der Waals surface area (Å²) in [6, 6.07) is 0. The third-order valence-electron chi connectivity index (χ3n) is 5.61. The number of nitrogens with two attached hydrogens (primary N) is 1. The fraction of sp³-hybridized carbons (Fsp3) is 0.833. The van der Waals surface area contributed by atoms with Gasteiger partial charge in [-0.1, -0.05) is 27.2 Å². The molecule has 0 radical (unpaired) electrons. The van der Waals surface area contributed by atoms with Gasteiger partial charge in [0.1, 0.15) is 5.01 Å². The van der Waals surface area contributed by atoms with Crippen molar-refractivity contribution in [2.75, 3.05) is 0 Å². The average molecular weight is 307 g/mol. The van der Waals surface area contributed by atoms with Crippen LogP contribution in [0.15, 0.2) is 0 Å². The standard InChI is InChI=1S/C18H30N2S/c1-17(2,3)13-7-6-11-18(19,12-10-13)16-20-14-8-4-5-9-15(14)21-16/h13H,4-12,19H2,1-3H3. The molecule has 0 aliphatic heterocycles. The largest absolute Gasteiger partial charge is 0.319 e. The summed E-state index contributed by atoms with van der Waals surface area (Å²) in [5.41, 5.74) is 8.47. The summed E-state index contributed by atoms with van der Waals surface area (Å²) >= 11 is 1.92. The zero-order valence-corrected chi connectivity index (χ0v) is 14.7. The minimum absolute atomic E-state index is 0.151. The van der Waals surface area contributed by atoms with Crippen LogP contribution in [0.2, 0.25) is 0 Å². The number of hydrogen-bond acceptors (Lipinski definition) is 3. The third kappa shape index (κ3) is 3.19. The SMILES string of the molecule is CC(C)(C)C1CCCC(N)(c2nc3c(s2)CCCC3)CC1. The second kappa shape index (κ2) is 5.66. The molecule has 2 N–H and O–H groups in total. The molecule has 0 aromatic carbocycles. The fourth-order valence-electron chi connectivity index (χ4n) is 4.01. The van der Waals surface area contributed by atoms with Crippen molar-refractivity contribution in [3.8, 4) is 0 Å². The van der Waals surface area contributed by atoms with E-state index in [4.69, 9.17) is 10.7 Å². The van der Waals surface area contributed by atoms with Crippen LogP contribution in [-0.4, -0.2) is 4.98 Å². The zero-order chi connectivity index (χ0) is 15.1. The minimum Gasteiger partial charge on any atom is -0.319 e. The molecule has 118 valence electrons. The Morgan fingerprint density at radius 3 is 2.57 bits per heavy atom. The van der Waals surface area contributed by atoms with Gasteiger partial charge in [0.2, 0.25) is 0 Å². The van der Waals surface area contributed by atoms with Crippen molar-refractivity contribution in [2.24, 2.45) is 17.1 Å². The quantitative estimate of drug-likeness (QED) is 0.757. The summed E-state index contributed by atoms with van der Waals surface area (Å²) in [5.74, 6) is 0.803. The lowest BCUT2D eigenvalue weighted by molar-refractivity contribution is 0.210. The monoisotopic (exact) mass is 306 g/mol. The first-order valence-electron chi connectivity index (χ1n) is 8.66. The van der Waals surface area contributed by atoms with E-state index < -0.39 is 0 Å². The van der Waals surface area contributed by atoms with Gasteiger partial charge in [-0.3, -0.25) is 0 Å². The number of hydrogen-bond donors (Lipinski definition) is 1. The summed E-state index contributed by atoms with van der Waals surface area (Å²) in [7, 11) is 0. The number of rotatable bonds is 1. The van der Waals surface area contributed by atoms with Crippen molar-refractivity contribution >= 4 is 11.3 Å². The van der Waals surface area contributed by atoms with Gasteiger partial charge in [0, 0.05) is 4.88 Å². The molecule has 0 spiro atoms. The Bertz CT molecular complexity index is 476. The van der Waals surface area contributed by atoms with E-state index in [2.05, 4.69) is 20.8 Å². The maximum absolute atomic E-state index is 6.85. The second-order valence-electron chi connectivity index (χ2n) is 8.25. The van der Waals surface area contributed by atoms with Gasteiger partial charge in [-0.25, -0.2) is 4.98 Å². The van der Waals surface area contributed by atoms with Gasteiger partial charge in [0.25, 0.3) is 0 Å². The molecule has 2 aliphatic rings. The van der Waals surface area contributed by atoms with E-state index in [0.29, 0.717) is 5.41 Å². The van der Waals surface area contributed by atoms with Gasteiger partial charge in [-0.15, -0.1) is 11.3 Å². The zero-order valence-electron chi connectivity index (χ0n) is 13.9. The van der Waals surface area contributed by atoms with Crippen LogP contribution in [0.5, 0.6) is 0 Å². The highest BCUT2D eigenvalue weighted by molar-refractivity contribution is 7.11. The van der Waals surface area contributed by atoms with E-state index in [1.54, 1.807) is 0 Å². The Balaban J connectivity index is 1.79. The van der Waals surface area contributed by atoms with Crippen molar-refractivity contribution in [2.45, 2.75) is 84.1 Å². The Morgan fingerprint density at radius 1 is 1.10 bits per heavy atom. The lowest BCUT2D eigenvalue weighted by Crippen LogP contribution is -2.36. The molecule has 0 bridgehead atoms. The van der Waals surface area contributed by atoms with Gasteiger partial charge in [0.05, 0.1) is 11.2 Å². The van der Waals surface area contributed by atoms with Crippen LogP contribution in [0.4, 0.5) is 0 Å². The van der Waals surface area contributed by atoms with Gasteiger partial charge in [0.15, 0.2) is 0 Å². The summed E-state index contributed by atoms with van der Waals surface area (Å²) in [6.45, 7) is 7.13. The van der Waals surface area contributed by atoms with Crippen LogP contribution in [-0.2, 0) is 18.4 Å². The number of thiazole rings is 1. The molecule has 0 saturated heterocycles. The molecule has 1 fully saturated rings. The normalized spacial score (nSPS) is 30.8. The Kier molecular flexibility index (Phi) is 4.17. The number of fused-ring (bicyclic) bond motifs is 1. The van der Waals surface area contributed by atoms with E-state index >= 15 is 0 Å². The molecule has 0 amide bonds. The van der Waals surface area contributed by atoms with Crippen LogP contribution in [0.1, 0.15) is 81.3 Å². The highest BCUT2D eigenvalue weighted by Crippen LogP contribution is 2.44. The molecule has 21 heavy (non-hydrogen) atoms. The smallest absolute Gasteiger partial charge is 0.113 e. The molecule has 3 rings (SSSR count). The Hall–Kier alpha value is -0.410. The molecule has 1 aromatic rings. The molecule has 2 unspecified atom stereocenters. The lowest BCUT2D eigenvalue weighted by Gasteiger charge is -2.30. The van der Waals surface area contributed by atoms with E-state index in [1.165, 1.54) is 60.5 Å². The first-order chi connectivity index (χ1) is 9.88. The summed E-state index contributed by atoms with van der Waals surface area (Å²) in [5, 5.41) is 1.24. The molecular weight excluding hydrogens is 276 g/mol. The lowest BCUT2D eigenvalue weighted by atomic mass is 9.76. The van der Waals surface area contributed by atoms with Crippen LogP contribution in [0, 0.1) is 11.3 Å². The molecule has 2 nitrogen and oxygen atoms in total. The molecule has 2 aliphatic carbocycles. The van der Waals surface area contributed by atoms with Crippen LogP contribution >= 0.6 is 11.3 Å². The average Bonchev–Trinajstić information content (AvgIpc) is 2.75. The molecule has 3 heteroatoms.